The third kappa shape index (κ3) is 6.82. The van der Waals surface area contributed by atoms with Crippen LogP contribution in [0.5, 0.6) is 0 Å². The van der Waals surface area contributed by atoms with Crippen molar-refractivity contribution in [2.45, 2.75) is 25.6 Å². The second kappa shape index (κ2) is 12.3. The van der Waals surface area contributed by atoms with Crippen LogP contribution in [0.15, 0.2) is 59.6 Å². The molecule has 1 unspecified atom stereocenters. The van der Waals surface area contributed by atoms with Gasteiger partial charge in [-0.2, -0.15) is 0 Å². The highest BCUT2D eigenvalue weighted by molar-refractivity contribution is 14.0. The van der Waals surface area contributed by atoms with Crippen molar-refractivity contribution in [3.8, 4) is 0 Å². The van der Waals surface area contributed by atoms with Gasteiger partial charge in [-0.3, -0.25) is 9.89 Å². The van der Waals surface area contributed by atoms with E-state index in [1.165, 1.54) is 16.8 Å². The number of ether oxygens (including phenoxy) is 1. The standard InChI is InChI=1S/C24H33N5O.HI/c1-25-24(27-22-11-12-29(19-22)23-9-3-2-4-10-23)26-17-20-7-5-6-8-21(20)18-28-13-15-30-16-14-28;/h2-10,22H,11-19H2,1H3,(H2,25,26,27);1H. The van der Waals surface area contributed by atoms with Crippen LogP contribution < -0.4 is 15.5 Å². The van der Waals surface area contributed by atoms with Gasteiger partial charge in [0.25, 0.3) is 0 Å². The first-order chi connectivity index (χ1) is 14.8. The molecule has 4 rings (SSSR count). The van der Waals surface area contributed by atoms with E-state index in [9.17, 15) is 0 Å². The maximum absolute atomic E-state index is 5.48. The zero-order valence-electron chi connectivity index (χ0n) is 18.3. The lowest BCUT2D eigenvalue weighted by Crippen LogP contribution is -2.44. The molecule has 1 atom stereocenters. The summed E-state index contributed by atoms with van der Waals surface area (Å²) >= 11 is 0. The number of nitrogens with one attached hydrogen (secondary N) is 2. The van der Waals surface area contributed by atoms with E-state index in [1.54, 1.807) is 0 Å². The highest BCUT2D eigenvalue weighted by atomic mass is 127. The summed E-state index contributed by atoms with van der Waals surface area (Å²) < 4.78 is 5.48. The Morgan fingerprint density at radius 2 is 1.71 bits per heavy atom. The molecule has 2 N–H and O–H groups in total. The van der Waals surface area contributed by atoms with Crippen molar-refractivity contribution in [3.63, 3.8) is 0 Å². The zero-order valence-corrected chi connectivity index (χ0v) is 20.6. The molecule has 168 valence electrons. The number of anilines is 1. The van der Waals surface area contributed by atoms with Crippen molar-refractivity contribution in [2.75, 3.05) is 51.3 Å². The van der Waals surface area contributed by atoms with Crippen LogP contribution in [0.25, 0.3) is 0 Å². The van der Waals surface area contributed by atoms with Gasteiger partial charge in [0.15, 0.2) is 5.96 Å². The van der Waals surface area contributed by atoms with E-state index in [2.05, 4.69) is 80.0 Å². The number of aliphatic imine (C=N–C) groups is 1. The number of para-hydroxylation sites is 1. The third-order valence-corrected chi connectivity index (χ3v) is 5.94. The molecule has 0 aromatic heterocycles. The van der Waals surface area contributed by atoms with Gasteiger partial charge < -0.3 is 20.3 Å². The number of hydrogen-bond donors (Lipinski definition) is 2. The van der Waals surface area contributed by atoms with E-state index in [1.807, 2.05) is 7.05 Å². The highest BCUT2D eigenvalue weighted by Crippen LogP contribution is 2.19. The third-order valence-electron chi connectivity index (χ3n) is 5.94. The Labute approximate surface area is 203 Å². The Hall–Kier alpha value is -1.84. The molecule has 6 nitrogen and oxygen atoms in total. The van der Waals surface area contributed by atoms with Crippen LogP contribution in [-0.2, 0) is 17.8 Å². The van der Waals surface area contributed by atoms with Gasteiger partial charge in [-0.25, -0.2) is 0 Å². The lowest BCUT2D eigenvalue weighted by molar-refractivity contribution is 0.0341. The number of hydrogen-bond acceptors (Lipinski definition) is 4. The molecule has 7 heteroatoms. The molecule has 2 saturated heterocycles. The lowest BCUT2D eigenvalue weighted by Gasteiger charge is -2.27. The summed E-state index contributed by atoms with van der Waals surface area (Å²) in [7, 11) is 1.85. The van der Waals surface area contributed by atoms with E-state index in [0.29, 0.717) is 6.04 Å². The quantitative estimate of drug-likeness (QED) is 0.339. The van der Waals surface area contributed by atoms with Gasteiger partial charge in [0.05, 0.1) is 13.2 Å². The molecule has 0 amide bonds. The van der Waals surface area contributed by atoms with Crippen molar-refractivity contribution in [1.29, 1.82) is 0 Å². The van der Waals surface area contributed by atoms with E-state index < -0.39 is 0 Å². The summed E-state index contributed by atoms with van der Waals surface area (Å²) in [5, 5.41) is 7.13. The topological polar surface area (TPSA) is 52.1 Å². The van der Waals surface area contributed by atoms with Gasteiger partial charge in [0, 0.05) is 58.0 Å². The Balaban J connectivity index is 0.00000272. The predicted octanol–water partition coefficient (Wildman–Crippen LogP) is 3.08. The molecule has 0 aliphatic carbocycles. The minimum Gasteiger partial charge on any atom is -0.379 e. The summed E-state index contributed by atoms with van der Waals surface area (Å²) in [6.45, 7) is 7.49. The molecule has 0 spiro atoms. The van der Waals surface area contributed by atoms with Crippen LogP contribution in [0.2, 0.25) is 0 Å². The van der Waals surface area contributed by atoms with Crippen LogP contribution in [-0.4, -0.2) is 63.3 Å². The van der Waals surface area contributed by atoms with Crippen LogP contribution >= 0.6 is 24.0 Å². The molecular weight excluding hydrogens is 501 g/mol. The number of guanidine groups is 1. The minimum atomic E-state index is 0. The van der Waals surface area contributed by atoms with Crippen molar-refractivity contribution in [2.24, 2.45) is 4.99 Å². The summed E-state index contributed by atoms with van der Waals surface area (Å²) in [5.74, 6) is 0.871. The normalized spacial score (nSPS) is 19.7. The van der Waals surface area contributed by atoms with Gasteiger partial charge in [-0.1, -0.05) is 42.5 Å². The van der Waals surface area contributed by atoms with Crippen LogP contribution in [0.1, 0.15) is 17.5 Å². The molecule has 2 aliphatic heterocycles. The number of benzene rings is 2. The Kier molecular flexibility index (Phi) is 9.42. The van der Waals surface area contributed by atoms with Crippen molar-refractivity contribution >= 4 is 35.6 Å². The fraction of sp³-hybridized carbons (Fsp3) is 0.458. The highest BCUT2D eigenvalue weighted by Gasteiger charge is 2.23. The van der Waals surface area contributed by atoms with E-state index >= 15 is 0 Å². The molecule has 2 aromatic carbocycles. The van der Waals surface area contributed by atoms with Gasteiger partial charge in [-0.05, 0) is 29.7 Å². The second-order valence-electron chi connectivity index (χ2n) is 7.99. The van der Waals surface area contributed by atoms with Crippen LogP contribution in [0, 0.1) is 0 Å². The SMILES string of the molecule is CN=C(NCc1ccccc1CN1CCOCC1)NC1CCN(c2ccccc2)C1.I. The average molecular weight is 535 g/mol. The van der Waals surface area contributed by atoms with E-state index in [4.69, 9.17) is 4.74 Å². The van der Waals surface area contributed by atoms with Crippen LogP contribution in [0.4, 0.5) is 5.69 Å². The molecule has 0 radical (unpaired) electrons. The Morgan fingerprint density at radius 1 is 1.00 bits per heavy atom. The fourth-order valence-corrected chi connectivity index (χ4v) is 4.20. The predicted molar refractivity (Wildman–Crippen MR) is 138 cm³/mol. The first-order valence-corrected chi connectivity index (χ1v) is 11.0. The van der Waals surface area contributed by atoms with Gasteiger partial charge in [0.2, 0.25) is 0 Å². The summed E-state index contributed by atoms with van der Waals surface area (Å²) in [6.07, 6.45) is 1.11. The first kappa shape index (κ1) is 23.8. The average Bonchev–Trinajstić information content (AvgIpc) is 3.27. The largest absolute Gasteiger partial charge is 0.379 e. The smallest absolute Gasteiger partial charge is 0.191 e. The van der Waals surface area contributed by atoms with Gasteiger partial charge in [-0.15, -0.1) is 24.0 Å². The number of halogens is 1. The Morgan fingerprint density at radius 3 is 2.45 bits per heavy atom. The first-order valence-electron chi connectivity index (χ1n) is 11.0. The molecule has 2 aliphatic rings. The number of rotatable bonds is 6. The van der Waals surface area contributed by atoms with E-state index in [0.717, 1.165) is 64.9 Å². The minimum absolute atomic E-state index is 0. The van der Waals surface area contributed by atoms with Crippen molar-refractivity contribution < 1.29 is 4.74 Å². The molecule has 2 heterocycles. The van der Waals surface area contributed by atoms with Crippen molar-refractivity contribution in [1.82, 2.24) is 15.5 Å². The summed E-state index contributed by atoms with van der Waals surface area (Å²) in [5.41, 5.74) is 3.99. The fourth-order valence-electron chi connectivity index (χ4n) is 4.20. The Bertz CT molecular complexity index is 826. The molecular formula is C24H34IN5O. The molecule has 0 bridgehead atoms. The second-order valence-corrected chi connectivity index (χ2v) is 7.99. The molecule has 2 fully saturated rings. The van der Waals surface area contributed by atoms with E-state index in [-0.39, 0.29) is 24.0 Å². The monoisotopic (exact) mass is 535 g/mol. The van der Waals surface area contributed by atoms with Gasteiger partial charge in [0.1, 0.15) is 0 Å². The maximum atomic E-state index is 5.48. The van der Waals surface area contributed by atoms with Gasteiger partial charge >= 0.3 is 0 Å². The zero-order chi connectivity index (χ0) is 20.6. The number of nitrogens with zero attached hydrogens (tertiary/aromatic N) is 3. The molecule has 0 saturated carbocycles. The molecule has 2 aromatic rings. The summed E-state index contributed by atoms with van der Waals surface area (Å²) in [4.78, 5) is 9.36. The number of morpholine rings is 1. The summed E-state index contributed by atoms with van der Waals surface area (Å²) in [6, 6.07) is 19.7. The van der Waals surface area contributed by atoms with Crippen LogP contribution in [0.3, 0.4) is 0 Å². The molecule has 31 heavy (non-hydrogen) atoms. The lowest BCUT2D eigenvalue weighted by atomic mass is 10.1. The maximum Gasteiger partial charge on any atom is 0.191 e. The van der Waals surface area contributed by atoms with Crippen molar-refractivity contribution in [3.05, 3.63) is 65.7 Å².